The molecule has 0 aliphatic carbocycles. The first kappa shape index (κ1) is 13.4. The predicted molar refractivity (Wildman–Crippen MR) is 58.4 cm³/mol. The SMILES string of the molecule is CCOP(=O)(C/C(C)=C/Br)OCC. The number of halogens is 1. The molecule has 0 aliphatic heterocycles. The van der Waals surface area contributed by atoms with Gasteiger partial charge in [0.15, 0.2) is 0 Å². The van der Waals surface area contributed by atoms with Crippen molar-refractivity contribution < 1.29 is 13.6 Å². The Morgan fingerprint density at radius 2 is 1.85 bits per heavy atom. The van der Waals surface area contributed by atoms with E-state index in [1.165, 1.54) is 0 Å². The van der Waals surface area contributed by atoms with Gasteiger partial charge >= 0.3 is 7.60 Å². The molecule has 13 heavy (non-hydrogen) atoms. The zero-order valence-corrected chi connectivity index (χ0v) is 10.7. The summed E-state index contributed by atoms with van der Waals surface area (Å²) in [5.41, 5.74) is 0.949. The van der Waals surface area contributed by atoms with Crippen molar-refractivity contribution in [1.29, 1.82) is 0 Å². The average molecular weight is 271 g/mol. The van der Waals surface area contributed by atoms with E-state index in [1.54, 1.807) is 18.8 Å². The molecule has 0 aliphatic rings. The summed E-state index contributed by atoms with van der Waals surface area (Å²) in [5, 5.41) is 0. The molecule has 0 aromatic heterocycles. The summed E-state index contributed by atoms with van der Waals surface area (Å²) in [6, 6.07) is 0. The van der Waals surface area contributed by atoms with Gasteiger partial charge in [0, 0.05) is 0 Å². The van der Waals surface area contributed by atoms with Gasteiger partial charge in [-0.1, -0.05) is 21.5 Å². The van der Waals surface area contributed by atoms with Crippen LogP contribution in [-0.2, 0) is 13.6 Å². The van der Waals surface area contributed by atoms with Gasteiger partial charge in [-0.05, 0) is 25.8 Å². The van der Waals surface area contributed by atoms with Crippen molar-refractivity contribution in [1.82, 2.24) is 0 Å². The Hall–Kier alpha value is 0.370. The zero-order valence-electron chi connectivity index (χ0n) is 8.25. The van der Waals surface area contributed by atoms with Crippen molar-refractivity contribution in [3.8, 4) is 0 Å². The minimum atomic E-state index is -2.89. The quantitative estimate of drug-likeness (QED) is 0.693. The highest BCUT2D eigenvalue weighted by atomic mass is 79.9. The predicted octanol–water partition coefficient (Wildman–Crippen LogP) is 3.55. The fourth-order valence-electron chi connectivity index (χ4n) is 0.862. The smallest absolute Gasteiger partial charge is 0.309 e. The van der Waals surface area contributed by atoms with Gasteiger partial charge in [-0.2, -0.15) is 0 Å². The monoisotopic (exact) mass is 270 g/mol. The molecule has 0 aromatic rings. The van der Waals surface area contributed by atoms with Crippen LogP contribution in [0.5, 0.6) is 0 Å². The molecular weight excluding hydrogens is 255 g/mol. The van der Waals surface area contributed by atoms with Gasteiger partial charge in [-0.25, -0.2) is 0 Å². The molecule has 0 amide bonds. The Morgan fingerprint density at radius 3 is 2.15 bits per heavy atom. The molecule has 0 saturated heterocycles. The molecule has 0 N–H and O–H groups in total. The van der Waals surface area contributed by atoms with E-state index in [1.807, 2.05) is 6.92 Å². The second kappa shape index (κ2) is 6.77. The molecule has 0 radical (unpaired) electrons. The van der Waals surface area contributed by atoms with Gasteiger partial charge in [0.25, 0.3) is 0 Å². The zero-order chi connectivity index (χ0) is 10.3. The van der Waals surface area contributed by atoms with Crippen LogP contribution in [0.1, 0.15) is 20.8 Å². The molecule has 0 aromatic carbocycles. The van der Waals surface area contributed by atoms with E-state index in [4.69, 9.17) is 9.05 Å². The third-order valence-electron chi connectivity index (χ3n) is 1.28. The van der Waals surface area contributed by atoms with Crippen LogP contribution < -0.4 is 0 Å². The largest absolute Gasteiger partial charge is 0.334 e. The molecule has 0 atom stereocenters. The molecular formula is C8H16BrO3P. The Bertz CT molecular complexity index is 205. The summed E-state index contributed by atoms with van der Waals surface area (Å²) < 4.78 is 22.1. The number of hydrogen-bond acceptors (Lipinski definition) is 3. The van der Waals surface area contributed by atoms with Crippen LogP contribution in [0.15, 0.2) is 10.6 Å². The van der Waals surface area contributed by atoms with Crippen LogP contribution in [0.2, 0.25) is 0 Å². The van der Waals surface area contributed by atoms with Crippen LogP contribution in [0.4, 0.5) is 0 Å². The maximum Gasteiger partial charge on any atom is 0.334 e. The first-order chi connectivity index (χ1) is 6.08. The highest BCUT2D eigenvalue weighted by Gasteiger charge is 2.23. The van der Waals surface area contributed by atoms with E-state index < -0.39 is 7.60 Å². The standard InChI is InChI=1S/C8H16BrO3P/c1-4-11-13(10,12-5-2)7-8(3)6-9/h6H,4-5,7H2,1-3H3/b8-6+. The summed E-state index contributed by atoms with van der Waals surface area (Å²) in [7, 11) is -2.89. The summed E-state index contributed by atoms with van der Waals surface area (Å²) in [6.45, 7) is 6.30. The molecule has 0 unspecified atom stereocenters. The Labute approximate surface area is 88.2 Å². The van der Waals surface area contributed by atoms with E-state index in [0.717, 1.165) is 5.57 Å². The van der Waals surface area contributed by atoms with Crippen molar-refractivity contribution in [2.75, 3.05) is 19.4 Å². The lowest BCUT2D eigenvalue weighted by Crippen LogP contribution is -2.00. The van der Waals surface area contributed by atoms with Crippen molar-refractivity contribution in [3.05, 3.63) is 10.6 Å². The van der Waals surface area contributed by atoms with Crippen LogP contribution in [0.25, 0.3) is 0 Å². The lowest BCUT2D eigenvalue weighted by Gasteiger charge is -2.16. The Kier molecular flexibility index (Phi) is 6.96. The number of allylic oxidation sites excluding steroid dienone is 1. The Balaban J connectivity index is 4.32. The van der Waals surface area contributed by atoms with Gasteiger partial charge in [0.2, 0.25) is 0 Å². The van der Waals surface area contributed by atoms with E-state index in [0.29, 0.717) is 19.4 Å². The van der Waals surface area contributed by atoms with E-state index in [-0.39, 0.29) is 0 Å². The van der Waals surface area contributed by atoms with Crippen molar-refractivity contribution in [3.63, 3.8) is 0 Å². The Morgan fingerprint density at radius 1 is 1.38 bits per heavy atom. The van der Waals surface area contributed by atoms with Crippen LogP contribution in [0.3, 0.4) is 0 Å². The maximum atomic E-state index is 11.9. The molecule has 0 spiro atoms. The second-order valence-electron chi connectivity index (χ2n) is 2.56. The van der Waals surface area contributed by atoms with Crippen LogP contribution in [0, 0.1) is 0 Å². The van der Waals surface area contributed by atoms with Crippen molar-refractivity contribution in [2.24, 2.45) is 0 Å². The molecule has 0 rings (SSSR count). The first-order valence-electron chi connectivity index (χ1n) is 4.22. The molecule has 5 heteroatoms. The lowest BCUT2D eigenvalue weighted by molar-refractivity contribution is 0.222. The average Bonchev–Trinajstić information content (AvgIpc) is 2.04. The molecule has 0 heterocycles. The normalized spacial score (nSPS) is 13.4. The third-order valence-corrected chi connectivity index (χ3v) is 4.25. The lowest BCUT2D eigenvalue weighted by atomic mass is 10.4. The van der Waals surface area contributed by atoms with Crippen molar-refractivity contribution in [2.45, 2.75) is 20.8 Å². The summed E-state index contributed by atoms with van der Waals surface area (Å²) >= 11 is 3.18. The molecule has 0 saturated carbocycles. The highest BCUT2D eigenvalue weighted by Crippen LogP contribution is 2.49. The first-order valence-corrected chi connectivity index (χ1v) is 6.86. The summed E-state index contributed by atoms with van der Waals surface area (Å²) in [4.78, 5) is 1.73. The second-order valence-corrected chi connectivity index (χ2v) is 5.07. The van der Waals surface area contributed by atoms with Crippen molar-refractivity contribution >= 4 is 23.5 Å². The summed E-state index contributed by atoms with van der Waals surface area (Å²) in [6.07, 6.45) is 0.347. The maximum absolute atomic E-state index is 11.9. The van der Waals surface area contributed by atoms with Gasteiger partial charge in [0.1, 0.15) is 0 Å². The van der Waals surface area contributed by atoms with Gasteiger partial charge < -0.3 is 9.05 Å². The number of hydrogen-bond donors (Lipinski definition) is 0. The molecule has 0 fully saturated rings. The van der Waals surface area contributed by atoms with Gasteiger partial charge in [-0.3, -0.25) is 4.57 Å². The van der Waals surface area contributed by atoms with Gasteiger partial charge in [0.05, 0.1) is 19.4 Å². The van der Waals surface area contributed by atoms with Crippen LogP contribution >= 0.6 is 23.5 Å². The molecule has 0 bridgehead atoms. The van der Waals surface area contributed by atoms with E-state index in [2.05, 4.69) is 15.9 Å². The molecule has 78 valence electrons. The van der Waals surface area contributed by atoms with Crippen LogP contribution in [-0.4, -0.2) is 19.4 Å². The fourth-order valence-corrected chi connectivity index (χ4v) is 3.02. The fraction of sp³-hybridized carbons (Fsp3) is 0.750. The highest BCUT2D eigenvalue weighted by molar-refractivity contribution is 9.11. The minimum absolute atomic E-state index is 0.347. The topological polar surface area (TPSA) is 35.5 Å². The van der Waals surface area contributed by atoms with E-state index >= 15 is 0 Å². The molecule has 3 nitrogen and oxygen atoms in total. The third kappa shape index (κ3) is 5.63. The van der Waals surface area contributed by atoms with Gasteiger partial charge in [-0.15, -0.1) is 0 Å². The minimum Gasteiger partial charge on any atom is -0.309 e. The summed E-state index contributed by atoms with van der Waals surface area (Å²) in [5.74, 6) is 0. The van der Waals surface area contributed by atoms with E-state index in [9.17, 15) is 4.57 Å². The number of rotatable bonds is 6.